The van der Waals surface area contributed by atoms with Gasteiger partial charge in [0.25, 0.3) is 0 Å². The average molecular weight is 251 g/mol. The summed E-state index contributed by atoms with van der Waals surface area (Å²) in [7, 11) is 0. The number of hydrogen-bond acceptors (Lipinski definition) is 1. The molecule has 0 unspecified atom stereocenters. The van der Waals surface area contributed by atoms with Crippen molar-refractivity contribution in [3.8, 4) is 0 Å². The highest BCUT2D eigenvalue weighted by Crippen LogP contribution is 2.20. The number of nitrogens with one attached hydrogen (secondary N) is 1. The minimum absolute atomic E-state index is 0.569. The summed E-state index contributed by atoms with van der Waals surface area (Å²) in [5.41, 5.74) is 7.62. The Hall–Kier alpha value is -1.06. The number of halogens is 1. The molecule has 1 heterocycles. The van der Waals surface area contributed by atoms with E-state index in [-0.39, 0.29) is 0 Å². The van der Waals surface area contributed by atoms with Gasteiger partial charge in [0.05, 0.1) is 0 Å². The molecule has 0 atom stereocenters. The lowest BCUT2D eigenvalue weighted by Crippen LogP contribution is -1.91. The predicted molar refractivity (Wildman–Crippen MR) is 64.1 cm³/mol. The van der Waals surface area contributed by atoms with Crippen molar-refractivity contribution in [2.45, 2.75) is 0 Å². The smallest absolute Gasteiger partial charge is 0.0459 e. The predicted octanol–water partition coefficient (Wildman–Crippen LogP) is 2.90. The van der Waals surface area contributed by atoms with Crippen LogP contribution in [0.2, 0.25) is 0 Å². The van der Waals surface area contributed by atoms with Crippen LogP contribution >= 0.6 is 15.9 Å². The summed E-state index contributed by atoms with van der Waals surface area (Å²) in [5.74, 6) is 0. The van der Waals surface area contributed by atoms with E-state index in [4.69, 9.17) is 5.73 Å². The fourth-order valence-electron chi connectivity index (χ4n) is 1.41. The highest BCUT2D eigenvalue weighted by molar-refractivity contribution is 9.10. The zero-order valence-electron chi connectivity index (χ0n) is 7.63. The lowest BCUT2D eigenvalue weighted by atomic mass is 10.2. The molecule has 0 fully saturated rings. The van der Waals surface area contributed by atoms with E-state index in [1.165, 1.54) is 5.39 Å². The number of fused-ring (bicyclic) bond motifs is 1. The minimum atomic E-state index is 0.569. The zero-order valence-corrected chi connectivity index (χ0v) is 9.21. The molecule has 2 aromatic rings. The first-order valence-corrected chi connectivity index (χ1v) is 5.24. The van der Waals surface area contributed by atoms with Crippen LogP contribution in [-0.2, 0) is 0 Å². The van der Waals surface area contributed by atoms with Crippen molar-refractivity contribution < 1.29 is 0 Å². The van der Waals surface area contributed by atoms with Crippen molar-refractivity contribution in [1.29, 1.82) is 0 Å². The zero-order chi connectivity index (χ0) is 9.97. The molecule has 0 aliphatic heterocycles. The third-order valence-electron chi connectivity index (χ3n) is 2.04. The summed E-state index contributed by atoms with van der Waals surface area (Å²) in [6.07, 6.45) is 3.92. The Labute approximate surface area is 90.9 Å². The molecule has 2 rings (SSSR count). The molecule has 0 saturated carbocycles. The second kappa shape index (κ2) is 3.98. The molecule has 3 heteroatoms. The summed E-state index contributed by atoms with van der Waals surface area (Å²) in [6.45, 7) is 0.569. The molecule has 0 spiro atoms. The van der Waals surface area contributed by atoms with Crippen molar-refractivity contribution in [2.75, 3.05) is 6.54 Å². The summed E-state index contributed by atoms with van der Waals surface area (Å²) in [4.78, 5) is 3.29. The quantitative estimate of drug-likeness (QED) is 0.846. The number of aromatic amines is 1. The number of H-pyrrole nitrogens is 1. The largest absolute Gasteiger partial charge is 0.355 e. The van der Waals surface area contributed by atoms with Gasteiger partial charge in [0.15, 0.2) is 0 Å². The first kappa shape index (κ1) is 9.49. The molecule has 1 aromatic carbocycles. The molecular weight excluding hydrogens is 240 g/mol. The van der Waals surface area contributed by atoms with E-state index >= 15 is 0 Å². The van der Waals surface area contributed by atoms with Crippen molar-refractivity contribution in [3.05, 3.63) is 40.5 Å². The number of benzene rings is 1. The Bertz CT molecular complexity index is 471. The summed E-state index contributed by atoms with van der Waals surface area (Å²) in [5, 5.41) is 1.20. The van der Waals surface area contributed by atoms with Crippen LogP contribution in [0.25, 0.3) is 17.0 Å². The van der Waals surface area contributed by atoms with Crippen molar-refractivity contribution in [3.63, 3.8) is 0 Å². The first-order valence-electron chi connectivity index (χ1n) is 4.44. The molecule has 2 nitrogen and oxygen atoms in total. The summed E-state index contributed by atoms with van der Waals surface area (Å²) >= 11 is 3.44. The molecule has 0 aliphatic carbocycles. The third-order valence-corrected chi connectivity index (χ3v) is 2.53. The number of hydrogen-bond donors (Lipinski definition) is 2. The van der Waals surface area contributed by atoms with E-state index in [9.17, 15) is 0 Å². The van der Waals surface area contributed by atoms with Gasteiger partial charge in [0.2, 0.25) is 0 Å². The maximum atomic E-state index is 5.39. The van der Waals surface area contributed by atoms with Crippen LogP contribution in [0.3, 0.4) is 0 Å². The van der Waals surface area contributed by atoms with Gasteiger partial charge in [0.1, 0.15) is 0 Å². The Morgan fingerprint density at radius 2 is 2.21 bits per heavy atom. The van der Waals surface area contributed by atoms with Crippen LogP contribution in [0.15, 0.2) is 34.8 Å². The van der Waals surface area contributed by atoms with E-state index in [1.807, 2.05) is 18.2 Å². The second-order valence-electron chi connectivity index (χ2n) is 3.09. The van der Waals surface area contributed by atoms with Gasteiger partial charge in [-0.05, 0) is 30.3 Å². The fourth-order valence-corrected chi connectivity index (χ4v) is 1.79. The molecule has 0 amide bonds. The molecule has 0 bridgehead atoms. The highest BCUT2D eigenvalue weighted by atomic mass is 79.9. The summed E-state index contributed by atoms with van der Waals surface area (Å²) in [6, 6.07) is 8.27. The molecule has 0 saturated heterocycles. The lowest BCUT2D eigenvalue weighted by molar-refractivity contribution is 1.26. The van der Waals surface area contributed by atoms with E-state index in [0.717, 1.165) is 15.7 Å². The molecular formula is C11H11BrN2. The van der Waals surface area contributed by atoms with E-state index < -0.39 is 0 Å². The Kier molecular flexibility index (Phi) is 2.70. The van der Waals surface area contributed by atoms with Gasteiger partial charge in [-0.1, -0.05) is 22.0 Å². The Morgan fingerprint density at radius 1 is 1.36 bits per heavy atom. The molecule has 0 radical (unpaired) electrons. The van der Waals surface area contributed by atoms with Crippen LogP contribution in [0.5, 0.6) is 0 Å². The Balaban J connectivity index is 2.46. The number of aromatic nitrogens is 1. The van der Waals surface area contributed by atoms with Crippen LogP contribution in [-0.4, -0.2) is 11.5 Å². The molecule has 72 valence electrons. The van der Waals surface area contributed by atoms with E-state index in [1.54, 1.807) is 0 Å². The van der Waals surface area contributed by atoms with Gasteiger partial charge >= 0.3 is 0 Å². The maximum absolute atomic E-state index is 5.39. The normalized spacial score (nSPS) is 11.6. The van der Waals surface area contributed by atoms with E-state index in [2.05, 4.69) is 39.1 Å². The van der Waals surface area contributed by atoms with Gasteiger partial charge < -0.3 is 10.7 Å². The highest BCUT2D eigenvalue weighted by Gasteiger charge is 1.97. The molecule has 14 heavy (non-hydrogen) atoms. The van der Waals surface area contributed by atoms with Gasteiger partial charge in [0, 0.05) is 27.6 Å². The SMILES string of the molecule is NC/C=C/c1cc2cc(Br)ccc2[nH]1. The first-order chi connectivity index (χ1) is 6.79. The second-order valence-corrected chi connectivity index (χ2v) is 4.01. The average Bonchev–Trinajstić information content (AvgIpc) is 2.56. The van der Waals surface area contributed by atoms with Crippen LogP contribution in [0, 0.1) is 0 Å². The lowest BCUT2D eigenvalue weighted by Gasteiger charge is -1.89. The third kappa shape index (κ3) is 1.89. The van der Waals surface area contributed by atoms with Crippen LogP contribution in [0.1, 0.15) is 5.69 Å². The van der Waals surface area contributed by atoms with Crippen molar-refractivity contribution in [2.24, 2.45) is 5.73 Å². The van der Waals surface area contributed by atoms with Crippen molar-refractivity contribution in [1.82, 2.24) is 4.98 Å². The van der Waals surface area contributed by atoms with Crippen LogP contribution in [0.4, 0.5) is 0 Å². The number of rotatable bonds is 2. The maximum Gasteiger partial charge on any atom is 0.0459 e. The van der Waals surface area contributed by atoms with Gasteiger partial charge in [-0.3, -0.25) is 0 Å². The van der Waals surface area contributed by atoms with Gasteiger partial charge in [-0.25, -0.2) is 0 Å². The fraction of sp³-hybridized carbons (Fsp3) is 0.0909. The molecule has 3 N–H and O–H groups in total. The van der Waals surface area contributed by atoms with Crippen LogP contribution < -0.4 is 5.73 Å². The topological polar surface area (TPSA) is 41.8 Å². The monoisotopic (exact) mass is 250 g/mol. The minimum Gasteiger partial charge on any atom is -0.355 e. The van der Waals surface area contributed by atoms with Gasteiger partial charge in [-0.2, -0.15) is 0 Å². The van der Waals surface area contributed by atoms with E-state index in [0.29, 0.717) is 6.54 Å². The molecule has 1 aromatic heterocycles. The van der Waals surface area contributed by atoms with Gasteiger partial charge in [-0.15, -0.1) is 0 Å². The number of nitrogens with two attached hydrogens (primary N) is 1. The Morgan fingerprint density at radius 3 is 3.00 bits per heavy atom. The standard InChI is InChI=1S/C11H11BrN2/c12-9-3-4-11-8(6-9)7-10(14-11)2-1-5-13/h1-4,6-7,14H,5,13H2/b2-1+. The molecule has 0 aliphatic rings. The summed E-state index contributed by atoms with van der Waals surface area (Å²) < 4.78 is 1.10. The van der Waals surface area contributed by atoms with Crippen molar-refractivity contribution >= 4 is 32.9 Å².